The molecular formula is C19H37N5O. The van der Waals surface area contributed by atoms with Crippen molar-refractivity contribution < 1.29 is 4.74 Å². The van der Waals surface area contributed by atoms with Gasteiger partial charge in [-0.25, -0.2) is 0 Å². The Morgan fingerprint density at radius 1 is 1.20 bits per heavy atom. The van der Waals surface area contributed by atoms with Crippen LogP contribution in [-0.4, -0.2) is 87.9 Å². The van der Waals surface area contributed by atoms with Gasteiger partial charge in [0.15, 0.2) is 5.96 Å². The lowest BCUT2D eigenvalue weighted by Crippen LogP contribution is -2.50. The minimum Gasteiger partial charge on any atom is -0.379 e. The highest BCUT2D eigenvalue weighted by atomic mass is 16.5. The lowest BCUT2D eigenvalue weighted by atomic mass is 10.0. The molecule has 0 aromatic rings. The van der Waals surface area contributed by atoms with Crippen molar-refractivity contribution in [1.82, 2.24) is 20.4 Å². The second-order valence-electron chi connectivity index (χ2n) is 6.68. The molecule has 1 fully saturated rings. The highest BCUT2D eigenvalue weighted by molar-refractivity contribution is 5.79. The van der Waals surface area contributed by atoms with Crippen LogP contribution >= 0.6 is 0 Å². The molecule has 1 aliphatic rings. The molecule has 0 radical (unpaired) electrons. The summed E-state index contributed by atoms with van der Waals surface area (Å²) in [6.07, 6.45) is 3.91. The number of nitrogens with one attached hydrogen (secondary N) is 2. The Morgan fingerprint density at radius 2 is 1.84 bits per heavy atom. The summed E-state index contributed by atoms with van der Waals surface area (Å²) in [7, 11) is 1.82. The third-order valence-electron chi connectivity index (χ3n) is 4.49. The number of hydrogen-bond acceptors (Lipinski definition) is 4. The summed E-state index contributed by atoms with van der Waals surface area (Å²) in [4.78, 5) is 9.15. The third-order valence-corrected chi connectivity index (χ3v) is 4.49. The van der Waals surface area contributed by atoms with Gasteiger partial charge in [0.1, 0.15) is 0 Å². The molecule has 0 aliphatic carbocycles. The zero-order chi connectivity index (χ0) is 18.5. The van der Waals surface area contributed by atoms with E-state index in [1.807, 2.05) is 19.2 Å². The molecule has 25 heavy (non-hydrogen) atoms. The van der Waals surface area contributed by atoms with E-state index in [1.54, 1.807) is 0 Å². The average molecular weight is 352 g/mol. The number of aliphatic imine (C=N–C) groups is 1. The minimum atomic E-state index is 0.397. The molecule has 6 heteroatoms. The smallest absolute Gasteiger partial charge is 0.191 e. The van der Waals surface area contributed by atoms with Crippen molar-refractivity contribution in [2.75, 3.05) is 66.1 Å². The van der Waals surface area contributed by atoms with Gasteiger partial charge in [-0.1, -0.05) is 26.0 Å². The molecule has 1 heterocycles. The van der Waals surface area contributed by atoms with Gasteiger partial charge in [-0.15, -0.1) is 13.2 Å². The van der Waals surface area contributed by atoms with Crippen LogP contribution in [0.4, 0.5) is 0 Å². The van der Waals surface area contributed by atoms with Gasteiger partial charge in [0.25, 0.3) is 0 Å². The first-order valence-corrected chi connectivity index (χ1v) is 9.32. The molecular weight excluding hydrogens is 314 g/mol. The maximum atomic E-state index is 5.38. The maximum absolute atomic E-state index is 5.38. The van der Waals surface area contributed by atoms with Crippen LogP contribution in [0.1, 0.15) is 13.8 Å². The number of rotatable bonds is 11. The molecule has 0 aromatic carbocycles. The molecule has 1 rings (SSSR count). The van der Waals surface area contributed by atoms with Crippen LogP contribution in [0.5, 0.6) is 0 Å². The molecule has 0 bridgehead atoms. The lowest BCUT2D eigenvalue weighted by Gasteiger charge is -2.33. The monoisotopic (exact) mass is 351 g/mol. The molecule has 0 aromatic heterocycles. The van der Waals surface area contributed by atoms with Crippen molar-refractivity contribution in [3.63, 3.8) is 0 Å². The fraction of sp³-hybridized carbons (Fsp3) is 0.737. The Balaban J connectivity index is 2.42. The topological polar surface area (TPSA) is 52.1 Å². The molecule has 1 unspecified atom stereocenters. The van der Waals surface area contributed by atoms with Crippen LogP contribution in [0.15, 0.2) is 30.3 Å². The predicted molar refractivity (Wildman–Crippen MR) is 107 cm³/mol. The normalized spacial score (nSPS) is 17.6. The van der Waals surface area contributed by atoms with Crippen molar-refractivity contribution in [1.29, 1.82) is 0 Å². The first-order valence-electron chi connectivity index (χ1n) is 9.32. The molecule has 1 aliphatic heterocycles. The summed E-state index contributed by atoms with van der Waals surface area (Å²) in [6.45, 7) is 20.4. The van der Waals surface area contributed by atoms with Crippen molar-refractivity contribution in [3.8, 4) is 0 Å². The summed E-state index contributed by atoms with van der Waals surface area (Å²) in [5.74, 6) is 1.38. The minimum absolute atomic E-state index is 0.397. The van der Waals surface area contributed by atoms with Crippen molar-refractivity contribution in [3.05, 3.63) is 25.3 Å². The number of morpholine rings is 1. The fourth-order valence-electron chi connectivity index (χ4n) is 3.04. The van der Waals surface area contributed by atoms with Gasteiger partial charge in [0.05, 0.1) is 13.2 Å². The van der Waals surface area contributed by atoms with Crippen molar-refractivity contribution in [2.45, 2.75) is 19.9 Å². The standard InChI is InChI=1S/C19H37N5O/c1-6-9-24(10-7-2)18(17(3)4)16-22-19(20-5)21-8-11-23-12-14-25-15-13-23/h6-7,17-18H,1-2,8-16H2,3-5H3,(H2,20,21,22). The van der Waals surface area contributed by atoms with Gasteiger partial charge < -0.3 is 15.4 Å². The zero-order valence-electron chi connectivity index (χ0n) is 16.3. The van der Waals surface area contributed by atoms with Crippen LogP contribution < -0.4 is 10.6 Å². The van der Waals surface area contributed by atoms with Crippen molar-refractivity contribution >= 4 is 5.96 Å². The molecule has 6 nitrogen and oxygen atoms in total. The van der Waals surface area contributed by atoms with Gasteiger partial charge in [-0.05, 0) is 5.92 Å². The second kappa shape index (κ2) is 12.9. The van der Waals surface area contributed by atoms with E-state index >= 15 is 0 Å². The Morgan fingerprint density at radius 3 is 2.36 bits per heavy atom. The quantitative estimate of drug-likeness (QED) is 0.333. The summed E-state index contributed by atoms with van der Waals surface area (Å²) in [6, 6.07) is 0.397. The van der Waals surface area contributed by atoms with Gasteiger partial charge >= 0.3 is 0 Å². The van der Waals surface area contributed by atoms with Crippen LogP contribution in [0.25, 0.3) is 0 Å². The molecule has 1 saturated heterocycles. The number of ether oxygens (including phenoxy) is 1. The number of guanidine groups is 1. The zero-order valence-corrected chi connectivity index (χ0v) is 16.3. The summed E-state index contributed by atoms with van der Waals surface area (Å²) in [5, 5.41) is 6.88. The average Bonchev–Trinajstić information content (AvgIpc) is 2.61. The Labute approximate surface area is 154 Å². The van der Waals surface area contributed by atoms with Crippen molar-refractivity contribution in [2.24, 2.45) is 10.9 Å². The Kier molecular flexibility index (Phi) is 11.2. The summed E-state index contributed by atoms with van der Waals surface area (Å²) < 4.78 is 5.38. The largest absolute Gasteiger partial charge is 0.379 e. The van der Waals surface area contributed by atoms with Crippen LogP contribution in [-0.2, 0) is 4.74 Å². The molecule has 0 spiro atoms. The van der Waals surface area contributed by atoms with E-state index in [4.69, 9.17) is 4.74 Å². The first-order chi connectivity index (χ1) is 12.1. The fourth-order valence-corrected chi connectivity index (χ4v) is 3.04. The lowest BCUT2D eigenvalue weighted by molar-refractivity contribution is 0.0389. The van der Waals surface area contributed by atoms with E-state index in [1.165, 1.54) is 0 Å². The van der Waals surface area contributed by atoms with Gasteiger partial charge in [0.2, 0.25) is 0 Å². The SMILES string of the molecule is C=CCN(CC=C)C(CNC(=NC)NCCN1CCOCC1)C(C)C. The van der Waals surface area contributed by atoms with E-state index in [9.17, 15) is 0 Å². The van der Waals surface area contributed by atoms with E-state index in [0.29, 0.717) is 12.0 Å². The number of nitrogens with zero attached hydrogens (tertiary/aromatic N) is 3. The van der Waals surface area contributed by atoms with Crippen LogP contribution in [0, 0.1) is 5.92 Å². The van der Waals surface area contributed by atoms with Gasteiger partial charge in [-0.3, -0.25) is 14.8 Å². The van der Waals surface area contributed by atoms with E-state index in [2.05, 4.69) is 52.4 Å². The van der Waals surface area contributed by atoms with Gasteiger partial charge in [-0.2, -0.15) is 0 Å². The highest BCUT2D eigenvalue weighted by Crippen LogP contribution is 2.10. The predicted octanol–water partition coefficient (Wildman–Crippen LogP) is 1.18. The molecule has 1 atom stereocenters. The number of hydrogen-bond donors (Lipinski definition) is 2. The third kappa shape index (κ3) is 8.52. The molecule has 0 saturated carbocycles. The Bertz CT molecular complexity index is 395. The molecule has 0 amide bonds. The van der Waals surface area contributed by atoms with E-state index in [0.717, 1.165) is 65.0 Å². The first kappa shape index (κ1) is 21.7. The van der Waals surface area contributed by atoms with Gasteiger partial charge in [0, 0.05) is 58.9 Å². The second-order valence-corrected chi connectivity index (χ2v) is 6.68. The molecule has 2 N–H and O–H groups in total. The summed E-state index contributed by atoms with van der Waals surface area (Å²) in [5.41, 5.74) is 0. The highest BCUT2D eigenvalue weighted by Gasteiger charge is 2.20. The summed E-state index contributed by atoms with van der Waals surface area (Å²) >= 11 is 0. The Hall–Kier alpha value is -1.37. The van der Waals surface area contributed by atoms with Crippen LogP contribution in [0.2, 0.25) is 0 Å². The van der Waals surface area contributed by atoms with E-state index < -0.39 is 0 Å². The maximum Gasteiger partial charge on any atom is 0.191 e. The molecule has 144 valence electrons. The van der Waals surface area contributed by atoms with E-state index in [-0.39, 0.29) is 0 Å². The van der Waals surface area contributed by atoms with Crippen LogP contribution in [0.3, 0.4) is 0 Å².